The molecule has 2 rings (SSSR count). The van der Waals surface area contributed by atoms with Gasteiger partial charge < -0.3 is 10.1 Å². The third-order valence-electron chi connectivity index (χ3n) is 3.96. The Hall–Kier alpha value is -0.730. The summed E-state index contributed by atoms with van der Waals surface area (Å²) in [6.07, 6.45) is 6.64. The number of ether oxygens (including phenoxy) is 1. The first-order valence-corrected chi connectivity index (χ1v) is 7.14. The van der Waals surface area contributed by atoms with Gasteiger partial charge in [-0.3, -0.25) is 0 Å². The Balaban J connectivity index is 2.27. The van der Waals surface area contributed by atoms with Gasteiger partial charge in [-0.2, -0.15) is 0 Å². The van der Waals surface area contributed by atoms with Crippen LogP contribution in [0.4, 0.5) is 0 Å². The molecule has 1 atom stereocenters. The molecule has 1 saturated carbocycles. The van der Waals surface area contributed by atoms with Gasteiger partial charge in [0.1, 0.15) is 5.75 Å². The van der Waals surface area contributed by atoms with Crippen molar-refractivity contribution in [1.29, 1.82) is 0 Å². The fourth-order valence-corrected chi connectivity index (χ4v) is 3.24. The van der Waals surface area contributed by atoms with Crippen molar-refractivity contribution in [2.24, 2.45) is 5.92 Å². The lowest BCUT2D eigenvalue weighted by Gasteiger charge is -2.31. The Kier molecular flexibility index (Phi) is 4.90. The zero-order chi connectivity index (χ0) is 13.0. The summed E-state index contributed by atoms with van der Waals surface area (Å²) >= 11 is 6.13. The molecule has 0 saturated heterocycles. The number of benzene rings is 1. The largest absolute Gasteiger partial charge is 0.496 e. The van der Waals surface area contributed by atoms with Gasteiger partial charge >= 0.3 is 0 Å². The minimum Gasteiger partial charge on any atom is -0.496 e. The molecule has 0 aromatic heterocycles. The molecule has 0 radical (unpaired) electrons. The number of methoxy groups -OCH3 is 1. The number of halogens is 1. The quantitative estimate of drug-likeness (QED) is 0.883. The summed E-state index contributed by atoms with van der Waals surface area (Å²) in [5.41, 5.74) is 1.19. The van der Waals surface area contributed by atoms with E-state index in [1.807, 2.05) is 25.2 Å². The molecule has 3 heteroatoms. The van der Waals surface area contributed by atoms with Gasteiger partial charge in [0.05, 0.1) is 7.11 Å². The van der Waals surface area contributed by atoms with E-state index in [2.05, 4.69) is 5.32 Å². The van der Waals surface area contributed by atoms with Crippen LogP contribution in [0.1, 0.15) is 43.7 Å². The van der Waals surface area contributed by atoms with E-state index in [1.165, 1.54) is 37.7 Å². The molecule has 0 heterocycles. The van der Waals surface area contributed by atoms with Crippen molar-refractivity contribution < 1.29 is 4.74 Å². The Bertz CT molecular complexity index is 388. The molecule has 18 heavy (non-hydrogen) atoms. The molecular formula is C15H22ClNO. The highest BCUT2D eigenvalue weighted by atomic mass is 35.5. The maximum absolute atomic E-state index is 6.13. The molecule has 0 amide bonds. The summed E-state index contributed by atoms with van der Waals surface area (Å²) in [6.45, 7) is 0. The van der Waals surface area contributed by atoms with Crippen LogP contribution in [0.3, 0.4) is 0 Å². The SMILES string of the molecule is CNC(c1cc(Cl)ccc1OC)C1CCCCC1. The average Bonchev–Trinajstić information content (AvgIpc) is 2.41. The van der Waals surface area contributed by atoms with E-state index in [1.54, 1.807) is 7.11 Å². The lowest BCUT2D eigenvalue weighted by Crippen LogP contribution is -2.27. The van der Waals surface area contributed by atoms with Gasteiger partial charge in [0.25, 0.3) is 0 Å². The van der Waals surface area contributed by atoms with Gasteiger partial charge in [-0.15, -0.1) is 0 Å². The number of rotatable bonds is 4. The highest BCUT2D eigenvalue weighted by Gasteiger charge is 2.26. The third kappa shape index (κ3) is 2.99. The highest BCUT2D eigenvalue weighted by Crippen LogP contribution is 2.38. The lowest BCUT2D eigenvalue weighted by molar-refractivity contribution is 0.275. The number of hydrogen-bond acceptors (Lipinski definition) is 2. The molecular weight excluding hydrogens is 246 g/mol. The molecule has 1 aliphatic carbocycles. The number of hydrogen-bond donors (Lipinski definition) is 1. The van der Waals surface area contributed by atoms with Crippen LogP contribution in [0.5, 0.6) is 5.75 Å². The summed E-state index contributed by atoms with van der Waals surface area (Å²) in [6, 6.07) is 6.23. The molecule has 1 aromatic carbocycles. The van der Waals surface area contributed by atoms with Crippen LogP contribution in [0.25, 0.3) is 0 Å². The van der Waals surface area contributed by atoms with Gasteiger partial charge in [-0.05, 0) is 44.0 Å². The molecule has 1 unspecified atom stereocenters. The Morgan fingerprint density at radius 3 is 2.61 bits per heavy atom. The van der Waals surface area contributed by atoms with E-state index in [0.29, 0.717) is 12.0 Å². The van der Waals surface area contributed by atoms with Gasteiger partial charge in [0.15, 0.2) is 0 Å². The van der Waals surface area contributed by atoms with Crippen LogP contribution in [0.2, 0.25) is 5.02 Å². The van der Waals surface area contributed by atoms with E-state index in [0.717, 1.165) is 10.8 Å². The normalized spacial score (nSPS) is 18.6. The number of nitrogens with one attached hydrogen (secondary N) is 1. The van der Waals surface area contributed by atoms with Gasteiger partial charge in [0.2, 0.25) is 0 Å². The average molecular weight is 268 g/mol. The lowest BCUT2D eigenvalue weighted by atomic mass is 9.81. The first-order valence-electron chi connectivity index (χ1n) is 6.77. The van der Waals surface area contributed by atoms with Crippen molar-refractivity contribution in [3.8, 4) is 5.75 Å². The molecule has 0 bridgehead atoms. The van der Waals surface area contributed by atoms with Crippen LogP contribution >= 0.6 is 11.6 Å². The van der Waals surface area contributed by atoms with Crippen molar-refractivity contribution in [3.05, 3.63) is 28.8 Å². The molecule has 0 spiro atoms. The van der Waals surface area contributed by atoms with Crippen molar-refractivity contribution in [2.75, 3.05) is 14.2 Å². The molecule has 0 aliphatic heterocycles. The second-order valence-corrected chi connectivity index (χ2v) is 5.49. The van der Waals surface area contributed by atoms with Gasteiger partial charge in [0, 0.05) is 16.6 Å². The smallest absolute Gasteiger partial charge is 0.123 e. The second-order valence-electron chi connectivity index (χ2n) is 5.05. The highest BCUT2D eigenvalue weighted by molar-refractivity contribution is 6.30. The third-order valence-corrected chi connectivity index (χ3v) is 4.19. The Labute approximate surface area is 115 Å². The predicted octanol–water partition coefficient (Wildman–Crippen LogP) is 4.19. The van der Waals surface area contributed by atoms with E-state index < -0.39 is 0 Å². The monoisotopic (exact) mass is 267 g/mol. The standard InChI is InChI=1S/C15H22ClNO/c1-17-15(11-6-4-3-5-7-11)13-10-12(16)8-9-14(13)18-2/h8-11,15,17H,3-7H2,1-2H3. The first kappa shape index (κ1) is 13.7. The summed E-state index contributed by atoms with van der Waals surface area (Å²) in [7, 11) is 3.75. The van der Waals surface area contributed by atoms with Gasteiger partial charge in [-0.25, -0.2) is 0 Å². The van der Waals surface area contributed by atoms with Crippen LogP contribution in [0, 0.1) is 5.92 Å². The Morgan fingerprint density at radius 2 is 2.00 bits per heavy atom. The summed E-state index contributed by atoms with van der Waals surface area (Å²) in [5, 5.41) is 4.23. The van der Waals surface area contributed by atoms with Crippen LogP contribution < -0.4 is 10.1 Å². The summed E-state index contributed by atoms with van der Waals surface area (Å²) < 4.78 is 5.48. The molecule has 100 valence electrons. The molecule has 1 N–H and O–H groups in total. The fourth-order valence-electron chi connectivity index (χ4n) is 3.06. The maximum atomic E-state index is 6.13. The van der Waals surface area contributed by atoms with Crippen LogP contribution in [-0.2, 0) is 0 Å². The summed E-state index contributed by atoms with van der Waals surface area (Å²) in [4.78, 5) is 0. The van der Waals surface area contributed by atoms with Crippen molar-refractivity contribution >= 4 is 11.6 Å². The van der Waals surface area contributed by atoms with Crippen molar-refractivity contribution in [3.63, 3.8) is 0 Å². The molecule has 1 aromatic rings. The zero-order valence-corrected chi connectivity index (χ0v) is 12.0. The summed E-state index contributed by atoms with van der Waals surface area (Å²) in [5.74, 6) is 1.63. The van der Waals surface area contributed by atoms with Crippen LogP contribution in [0.15, 0.2) is 18.2 Å². The Morgan fingerprint density at radius 1 is 1.28 bits per heavy atom. The van der Waals surface area contributed by atoms with E-state index in [4.69, 9.17) is 16.3 Å². The van der Waals surface area contributed by atoms with Crippen molar-refractivity contribution in [1.82, 2.24) is 5.32 Å². The van der Waals surface area contributed by atoms with E-state index in [-0.39, 0.29) is 0 Å². The van der Waals surface area contributed by atoms with Crippen LogP contribution in [-0.4, -0.2) is 14.2 Å². The topological polar surface area (TPSA) is 21.3 Å². The molecule has 2 nitrogen and oxygen atoms in total. The second kappa shape index (κ2) is 6.44. The first-order chi connectivity index (χ1) is 8.76. The molecule has 1 fully saturated rings. The van der Waals surface area contributed by atoms with E-state index >= 15 is 0 Å². The minimum atomic E-state index is 0.346. The predicted molar refractivity (Wildman–Crippen MR) is 76.4 cm³/mol. The zero-order valence-electron chi connectivity index (χ0n) is 11.2. The fraction of sp³-hybridized carbons (Fsp3) is 0.600. The van der Waals surface area contributed by atoms with Crippen molar-refractivity contribution in [2.45, 2.75) is 38.1 Å². The minimum absolute atomic E-state index is 0.346. The maximum Gasteiger partial charge on any atom is 0.123 e. The van der Waals surface area contributed by atoms with E-state index in [9.17, 15) is 0 Å². The molecule has 1 aliphatic rings. The van der Waals surface area contributed by atoms with Gasteiger partial charge in [-0.1, -0.05) is 30.9 Å².